The molecule has 0 amide bonds. The van der Waals surface area contributed by atoms with Gasteiger partial charge in [0.05, 0.1) is 6.04 Å². The lowest BCUT2D eigenvalue weighted by Crippen LogP contribution is -2.52. The Morgan fingerprint density at radius 1 is 0.636 bits per heavy atom. The van der Waals surface area contributed by atoms with Gasteiger partial charge in [-0.25, -0.2) is 4.99 Å². The van der Waals surface area contributed by atoms with Crippen molar-refractivity contribution in [2.75, 3.05) is 0 Å². The number of guanidine groups is 1. The van der Waals surface area contributed by atoms with Crippen LogP contribution < -0.4 is 5.73 Å². The first kappa shape index (κ1) is 16.1. The fourth-order valence-electron chi connectivity index (χ4n) is 4.85. The molecule has 0 unspecified atom stereocenters. The highest BCUT2D eigenvalue weighted by Crippen LogP contribution is 2.30. The Kier molecular flexibility index (Phi) is 6.03. The Balaban J connectivity index is 1.71. The molecule has 0 radical (unpaired) electrons. The fourth-order valence-corrected chi connectivity index (χ4v) is 4.85. The number of hydrogen-bond donors (Lipinski definition) is 1. The second kappa shape index (κ2) is 8.21. The lowest BCUT2D eigenvalue weighted by molar-refractivity contribution is 0.154. The van der Waals surface area contributed by atoms with E-state index < -0.39 is 0 Å². The summed E-state index contributed by atoms with van der Waals surface area (Å²) < 4.78 is 0. The van der Waals surface area contributed by atoms with Crippen molar-refractivity contribution in [1.29, 1.82) is 0 Å². The molecule has 0 atom stereocenters. The second-order valence-electron chi connectivity index (χ2n) is 7.77. The molecule has 3 nitrogen and oxygen atoms in total. The molecule has 2 N–H and O–H groups in total. The molecule has 0 spiro atoms. The maximum absolute atomic E-state index is 6.59. The largest absolute Gasteiger partial charge is 0.370 e. The van der Waals surface area contributed by atoms with Crippen molar-refractivity contribution in [2.24, 2.45) is 10.7 Å². The van der Waals surface area contributed by atoms with Crippen molar-refractivity contribution in [3.63, 3.8) is 0 Å². The molecule has 0 aliphatic heterocycles. The van der Waals surface area contributed by atoms with Crippen LogP contribution in [0, 0.1) is 0 Å². The zero-order valence-electron chi connectivity index (χ0n) is 14.3. The third-order valence-electron chi connectivity index (χ3n) is 6.09. The standard InChI is InChI=1S/C19H35N3/c20-19(21-16-10-4-1-5-11-16)22(17-12-6-2-7-13-17)18-14-8-3-9-15-18/h16-18H,1-15H2,(H2,20,21). The van der Waals surface area contributed by atoms with Gasteiger partial charge in [-0.15, -0.1) is 0 Å². The van der Waals surface area contributed by atoms with Crippen LogP contribution in [-0.4, -0.2) is 29.0 Å². The highest BCUT2D eigenvalue weighted by Gasteiger charge is 2.30. The van der Waals surface area contributed by atoms with Crippen molar-refractivity contribution in [3.8, 4) is 0 Å². The minimum Gasteiger partial charge on any atom is -0.370 e. The first-order chi connectivity index (χ1) is 10.8. The predicted molar refractivity (Wildman–Crippen MR) is 94.1 cm³/mol. The Bertz CT molecular complexity index is 330. The lowest BCUT2D eigenvalue weighted by atomic mass is 9.89. The smallest absolute Gasteiger partial charge is 0.192 e. The molecule has 0 aromatic carbocycles. The average Bonchev–Trinajstić information content (AvgIpc) is 2.58. The summed E-state index contributed by atoms with van der Waals surface area (Å²) in [7, 11) is 0. The van der Waals surface area contributed by atoms with Gasteiger partial charge in [0.15, 0.2) is 5.96 Å². The summed E-state index contributed by atoms with van der Waals surface area (Å²) in [6.45, 7) is 0. The van der Waals surface area contributed by atoms with E-state index in [9.17, 15) is 0 Å². The van der Waals surface area contributed by atoms with E-state index in [1.54, 1.807) is 0 Å². The normalized spacial score (nSPS) is 27.0. The summed E-state index contributed by atoms with van der Waals surface area (Å²) in [5.74, 6) is 0.894. The molecule has 0 aromatic rings. The van der Waals surface area contributed by atoms with Crippen LogP contribution in [0.15, 0.2) is 4.99 Å². The number of aliphatic imine (C=N–C) groups is 1. The van der Waals surface area contributed by atoms with E-state index in [-0.39, 0.29) is 0 Å². The van der Waals surface area contributed by atoms with Crippen LogP contribution in [0.5, 0.6) is 0 Å². The van der Waals surface area contributed by atoms with Crippen LogP contribution in [0.25, 0.3) is 0 Å². The van der Waals surface area contributed by atoms with E-state index in [0.717, 1.165) is 5.96 Å². The number of hydrogen-bond acceptors (Lipinski definition) is 1. The fraction of sp³-hybridized carbons (Fsp3) is 0.947. The summed E-state index contributed by atoms with van der Waals surface area (Å²) >= 11 is 0. The number of rotatable bonds is 3. The minimum atomic E-state index is 0.503. The molecule has 0 heterocycles. The van der Waals surface area contributed by atoms with Gasteiger partial charge in [-0.2, -0.15) is 0 Å². The molecule has 0 bridgehead atoms. The minimum absolute atomic E-state index is 0.503. The number of nitrogens with two attached hydrogens (primary N) is 1. The molecule has 22 heavy (non-hydrogen) atoms. The third-order valence-corrected chi connectivity index (χ3v) is 6.09. The molecule has 3 fully saturated rings. The van der Waals surface area contributed by atoms with E-state index in [0.29, 0.717) is 18.1 Å². The number of nitrogens with zero attached hydrogens (tertiary/aromatic N) is 2. The molecule has 3 saturated carbocycles. The van der Waals surface area contributed by atoms with Gasteiger partial charge in [0, 0.05) is 12.1 Å². The van der Waals surface area contributed by atoms with E-state index in [1.807, 2.05) is 0 Å². The van der Waals surface area contributed by atoms with Crippen molar-refractivity contribution in [1.82, 2.24) is 4.90 Å². The maximum atomic E-state index is 6.59. The Morgan fingerprint density at radius 2 is 1.05 bits per heavy atom. The van der Waals surface area contributed by atoms with Gasteiger partial charge in [0.2, 0.25) is 0 Å². The molecule has 3 heteroatoms. The monoisotopic (exact) mass is 305 g/mol. The summed E-state index contributed by atoms with van der Waals surface area (Å²) in [4.78, 5) is 7.60. The van der Waals surface area contributed by atoms with Crippen LogP contribution in [-0.2, 0) is 0 Å². The SMILES string of the molecule is NC(=NC1CCCCC1)N(C1CCCCC1)C1CCCCC1. The van der Waals surface area contributed by atoms with Crippen molar-refractivity contribution < 1.29 is 0 Å². The van der Waals surface area contributed by atoms with E-state index >= 15 is 0 Å². The summed E-state index contributed by atoms with van der Waals surface area (Å²) in [6.07, 6.45) is 20.2. The lowest BCUT2D eigenvalue weighted by Gasteiger charge is -2.42. The van der Waals surface area contributed by atoms with Crippen LogP contribution in [0.1, 0.15) is 96.3 Å². The zero-order chi connectivity index (χ0) is 15.2. The highest BCUT2D eigenvalue weighted by molar-refractivity contribution is 5.79. The van der Waals surface area contributed by atoms with E-state index in [1.165, 1.54) is 96.3 Å². The summed E-state index contributed by atoms with van der Waals surface area (Å²) in [5.41, 5.74) is 6.59. The molecule has 0 saturated heterocycles. The quantitative estimate of drug-likeness (QED) is 0.611. The van der Waals surface area contributed by atoms with Gasteiger partial charge in [-0.3, -0.25) is 0 Å². The summed E-state index contributed by atoms with van der Waals surface area (Å²) in [6, 6.07) is 1.84. The molecule has 0 aromatic heterocycles. The predicted octanol–water partition coefficient (Wildman–Crippen LogP) is 4.60. The van der Waals surface area contributed by atoms with Crippen LogP contribution in [0.4, 0.5) is 0 Å². The molecule has 3 aliphatic carbocycles. The molecule has 126 valence electrons. The summed E-state index contributed by atoms with van der Waals surface area (Å²) in [5, 5.41) is 0. The van der Waals surface area contributed by atoms with Crippen LogP contribution in [0.3, 0.4) is 0 Å². The second-order valence-corrected chi connectivity index (χ2v) is 7.77. The van der Waals surface area contributed by atoms with Gasteiger partial charge in [-0.05, 0) is 38.5 Å². The van der Waals surface area contributed by atoms with E-state index in [4.69, 9.17) is 10.7 Å². The van der Waals surface area contributed by atoms with Gasteiger partial charge < -0.3 is 10.6 Å². The van der Waals surface area contributed by atoms with Crippen molar-refractivity contribution in [3.05, 3.63) is 0 Å². The topological polar surface area (TPSA) is 41.6 Å². The van der Waals surface area contributed by atoms with E-state index in [2.05, 4.69) is 4.90 Å². The molecule has 3 rings (SSSR count). The van der Waals surface area contributed by atoms with Gasteiger partial charge in [0.1, 0.15) is 0 Å². The molecule has 3 aliphatic rings. The maximum Gasteiger partial charge on any atom is 0.192 e. The van der Waals surface area contributed by atoms with Crippen LogP contribution >= 0.6 is 0 Å². The van der Waals surface area contributed by atoms with Crippen molar-refractivity contribution >= 4 is 5.96 Å². The van der Waals surface area contributed by atoms with Gasteiger partial charge >= 0.3 is 0 Å². The molecular formula is C19H35N3. The molecular weight excluding hydrogens is 270 g/mol. The first-order valence-electron chi connectivity index (χ1n) is 9.96. The highest BCUT2D eigenvalue weighted by atomic mass is 15.3. The third kappa shape index (κ3) is 4.17. The van der Waals surface area contributed by atoms with Crippen LogP contribution in [0.2, 0.25) is 0 Å². The van der Waals surface area contributed by atoms with Gasteiger partial charge in [0.25, 0.3) is 0 Å². The zero-order valence-corrected chi connectivity index (χ0v) is 14.3. The van der Waals surface area contributed by atoms with Crippen molar-refractivity contribution in [2.45, 2.75) is 114 Å². The average molecular weight is 306 g/mol. The Labute approximate surface area is 136 Å². The van der Waals surface area contributed by atoms with Gasteiger partial charge in [-0.1, -0.05) is 57.8 Å². The Hall–Kier alpha value is -0.730. The first-order valence-corrected chi connectivity index (χ1v) is 9.96. The Morgan fingerprint density at radius 3 is 1.50 bits per heavy atom.